The lowest BCUT2D eigenvalue weighted by Gasteiger charge is -2.21. The molecule has 0 aliphatic carbocycles. The molecule has 0 atom stereocenters. The molecule has 10 heteroatoms. The highest BCUT2D eigenvalue weighted by Crippen LogP contribution is 2.20. The molecule has 2 heterocycles. The molecule has 2 aromatic heterocycles. The zero-order chi connectivity index (χ0) is 20.3. The topological polar surface area (TPSA) is 116 Å². The van der Waals surface area contributed by atoms with Crippen LogP contribution in [0.15, 0.2) is 56.4 Å². The van der Waals surface area contributed by atoms with Gasteiger partial charge in [-0.25, -0.2) is 13.2 Å². The maximum absolute atomic E-state index is 12.6. The minimum atomic E-state index is -3.71. The van der Waals surface area contributed by atoms with Crippen molar-refractivity contribution >= 4 is 16.0 Å². The normalized spacial score (nSPS) is 11.9. The highest BCUT2D eigenvalue weighted by atomic mass is 32.2. The van der Waals surface area contributed by atoms with Crippen molar-refractivity contribution < 1.29 is 26.8 Å². The largest absolute Gasteiger partial charge is 0.459 e. The molecule has 0 saturated carbocycles. The molecule has 3 rings (SSSR count). The van der Waals surface area contributed by atoms with E-state index in [0.717, 1.165) is 0 Å². The van der Waals surface area contributed by atoms with Crippen LogP contribution < -0.4 is 0 Å². The molecular formula is C18H19N3O6S. The molecule has 0 radical (unpaired) electrons. The third kappa shape index (κ3) is 4.12. The van der Waals surface area contributed by atoms with Gasteiger partial charge >= 0.3 is 5.97 Å². The molecular weight excluding hydrogens is 386 g/mol. The summed E-state index contributed by atoms with van der Waals surface area (Å²) in [6, 6.07) is 8.78. The number of aromatic nitrogens is 2. The van der Waals surface area contributed by atoms with E-state index < -0.39 is 16.0 Å². The SMILES string of the molecule is CC(C)N(C)S(=O)(=O)c1cccc(C(=O)OCc2nnc(-c3ccco3)o2)c1. The Balaban J connectivity index is 1.70. The average molecular weight is 405 g/mol. The molecule has 0 amide bonds. The standard InChI is InChI=1S/C18H19N3O6S/c1-12(2)21(3)28(23,24)14-7-4-6-13(10-14)18(22)26-11-16-19-20-17(27-16)15-8-5-9-25-15/h4-10,12H,11H2,1-3H3. The fraction of sp³-hybridized carbons (Fsp3) is 0.278. The maximum atomic E-state index is 12.6. The number of benzene rings is 1. The van der Waals surface area contributed by atoms with E-state index in [9.17, 15) is 13.2 Å². The van der Waals surface area contributed by atoms with Gasteiger partial charge in [-0.2, -0.15) is 4.31 Å². The predicted molar refractivity (Wildman–Crippen MR) is 97.6 cm³/mol. The Morgan fingerprint density at radius 2 is 2.00 bits per heavy atom. The van der Waals surface area contributed by atoms with Gasteiger partial charge in [0.15, 0.2) is 12.4 Å². The van der Waals surface area contributed by atoms with Crippen LogP contribution in [0.1, 0.15) is 30.1 Å². The number of furan rings is 1. The van der Waals surface area contributed by atoms with E-state index in [1.807, 2.05) is 0 Å². The highest BCUT2D eigenvalue weighted by molar-refractivity contribution is 7.89. The van der Waals surface area contributed by atoms with Crippen LogP contribution in [-0.4, -0.2) is 42.0 Å². The summed E-state index contributed by atoms with van der Waals surface area (Å²) in [6.07, 6.45) is 1.47. The molecule has 0 aliphatic rings. The fourth-order valence-electron chi connectivity index (χ4n) is 2.25. The average Bonchev–Trinajstić information content (AvgIpc) is 3.37. The number of hydrogen-bond acceptors (Lipinski definition) is 8. The van der Waals surface area contributed by atoms with Crippen LogP contribution in [0.2, 0.25) is 0 Å². The maximum Gasteiger partial charge on any atom is 0.338 e. The Morgan fingerprint density at radius 3 is 2.68 bits per heavy atom. The second kappa shape index (κ2) is 7.95. The lowest BCUT2D eigenvalue weighted by molar-refractivity contribution is 0.0438. The number of sulfonamides is 1. The number of rotatable bonds is 7. The second-order valence-corrected chi connectivity index (χ2v) is 8.19. The minimum Gasteiger partial charge on any atom is -0.459 e. The monoisotopic (exact) mass is 405 g/mol. The summed E-state index contributed by atoms with van der Waals surface area (Å²) in [5.74, 6) is -0.0526. The summed E-state index contributed by atoms with van der Waals surface area (Å²) in [7, 11) is -2.23. The van der Waals surface area contributed by atoms with Gasteiger partial charge in [-0.15, -0.1) is 10.2 Å². The zero-order valence-electron chi connectivity index (χ0n) is 15.5. The van der Waals surface area contributed by atoms with E-state index in [-0.39, 0.29) is 34.9 Å². The van der Waals surface area contributed by atoms with Crippen LogP contribution in [0.3, 0.4) is 0 Å². The summed E-state index contributed by atoms with van der Waals surface area (Å²) < 4.78 is 42.0. The van der Waals surface area contributed by atoms with Crippen LogP contribution in [0, 0.1) is 0 Å². The zero-order valence-corrected chi connectivity index (χ0v) is 16.3. The Morgan fingerprint density at radius 1 is 1.21 bits per heavy atom. The van der Waals surface area contributed by atoms with Crippen molar-refractivity contribution in [2.45, 2.75) is 31.4 Å². The molecule has 0 fully saturated rings. The van der Waals surface area contributed by atoms with Crippen LogP contribution in [0.5, 0.6) is 0 Å². The van der Waals surface area contributed by atoms with Gasteiger partial charge in [-0.3, -0.25) is 0 Å². The van der Waals surface area contributed by atoms with Gasteiger partial charge in [0.25, 0.3) is 11.8 Å². The molecule has 148 valence electrons. The molecule has 1 aromatic carbocycles. The van der Waals surface area contributed by atoms with E-state index >= 15 is 0 Å². The highest BCUT2D eigenvalue weighted by Gasteiger charge is 2.24. The lowest BCUT2D eigenvalue weighted by atomic mass is 10.2. The smallest absolute Gasteiger partial charge is 0.338 e. The fourth-order valence-corrected chi connectivity index (χ4v) is 3.66. The van der Waals surface area contributed by atoms with Gasteiger partial charge < -0.3 is 13.6 Å². The van der Waals surface area contributed by atoms with Gasteiger partial charge in [0, 0.05) is 13.1 Å². The molecule has 0 N–H and O–H groups in total. The van der Waals surface area contributed by atoms with Crippen LogP contribution in [0.25, 0.3) is 11.7 Å². The summed E-state index contributed by atoms with van der Waals surface area (Å²) in [6.45, 7) is 3.27. The first-order valence-electron chi connectivity index (χ1n) is 8.40. The second-order valence-electron chi connectivity index (χ2n) is 6.20. The Bertz CT molecular complexity index is 1060. The van der Waals surface area contributed by atoms with Crippen molar-refractivity contribution in [2.75, 3.05) is 7.05 Å². The Labute approximate surface area is 162 Å². The first-order chi connectivity index (χ1) is 13.3. The Kier molecular flexibility index (Phi) is 5.61. The summed E-state index contributed by atoms with van der Waals surface area (Å²) >= 11 is 0. The number of carbonyl (C=O) groups is 1. The Hall–Kier alpha value is -2.98. The van der Waals surface area contributed by atoms with Crippen LogP contribution >= 0.6 is 0 Å². The van der Waals surface area contributed by atoms with Crippen molar-refractivity contribution in [2.24, 2.45) is 0 Å². The van der Waals surface area contributed by atoms with E-state index in [4.69, 9.17) is 13.6 Å². The minimum absolute atomic E-state index is 0.0102. The van der Waals surface area contributed by atoms with Gasteiger partial charge in [-0.05, 0) is 44.2 Å². The number of esters is 1. The lowest BCUT2D eigenvalue weighted by Crippen LogP contribution is -2.33. The van der Waals surface area contributed by atoms with Crippen molar-refractivity contribution in [3.8, 4) is 11.7 Å². The van der Waals surface area contributed by atoms with Crippen molar-refractivity contribution in [1.82, 2.24) is 14.5 Å². The van der Waals surface area contributed by atoms with Crippen molar-refractivity contribution in [3.63, 3.8) is 0 Å². The van der Waals surface area contributed by atoms with E-state index in [0.29, 0.717) is 5.76 Å². The number of carbonyl (C=O) groups excluding carboxylic acids is 1. The van der Waals surface area contributed by atoms with Gasteiger partial charge in [0.05, 0.1) is 16.7 Å². The van der Waals surface area contributed by atoms with Gasteiger partial charge in [0.2, 0.25) is 10.0 Å². The van der Waals surface area contributed by atoms with Crippen LogP contribution in [0.4, 0.5) is 0 Å². The molecule has 28 heavy (non-hydrogen) atoms. The van der Waals surface area contributed by atoms with E-state index in [2.05, 4.69) is 10.2 Å². The summed E-state index contributed by atoms with van der Waals surface area (Å²) in [5.41, 5.74) is 0.101. The number of hydrogen-bond donors (Lipinski definition) is 0. The molecule has 9 nitrogen and oxygen atoms in total. The third-order valence-corrected chi connectivity index (χ3v) is 6.03. The van der Waals surface area contributed by atoms with Crippen LogP contribution in [-0.2, 0) is 21.4 Å². The molecule has 3 aromatic rings. The molecule has 0 saturated heterocycles. The predicted octanol–water partition coefficient (Wildman–Crippen LogP) is 2.72. The first kappa shape index (κ1) is 19.8. The van der Waals surface area contributed by atoms with Crippen molar-refractivity contribution in [1.29, 1.82) is 0 Å². The van der Waals surface area contributed by atoms with E-state index in [1.165, 1.54) is 41.9 Å². The molecule has 0 aliphatic heterocycles. The number of nitrogens with zero attached hydrogens (tertiary/aromatic N) is 3. The van der Waals surface area contributed by atoms with Gasteiger partial charge in [0.1, 0.15) is 0 Å². The number of ether oxygens (including phenoxy) is 1. The quantitative estimate of drug-likeness (QED) is 0.551. The first-order valence-corrected chi connectivity index (χ1v) is 9.84. The van der Waals surface area contributed by atoms with Crippen molar-refractivity contribution in [3.05, 3.63) is 54.1 Å². The molecule has 0 spiro atoms. The summed E-state index contributed by atoms with van der Waals surface area (Å²) in [4.78, 5) is 12.3. The van der Waals surface area contributed by atoms with E-state index in [1.54, 1.807) is 26.0 Å². The van der Waals surface area contributed by atoms with Gasteiger partial charge in [-0.1, -0.05) is 6.07 Å². The molecule has 0 unspecified atom stereocenters. The summed E-state index contributed by atoms with van der Waals surface area (Å²) in [5, 5.41) is 7.59. The molecule has 0 bridgehead atoms. The third-order valence-electron chi connectivity index (χ3n) is 4.00.